The molecule has 0 aliphatic rings. The molecule has 0 amide bonds. The summed E-state index contributed by atoms with van der Waals surface area (Å²) in [7, 11) is 0. The van der Waals surface area contributed by atoms with Crippen molar-refractivity contribution in [1.29, 1.82) is 0 Å². The van der Waals surface area contributed by atoms with Crippen LogP contribution in [0.15, 0.2) is 0 Å². The van der Waals surface area contributed by atoms with Gasteiger partial charge in [-0.25, -0.2) is 0 Å². The first-order valence-electron chi connectivity index (χ1n) is 9.90. The van der Waals surface area contributed by atoms with E-state index in [9.17, 15) is 4.79 Å². The van der Waals surface area contributed by atoms with Crippen molar-refractivity contribution < 1.29 is 9.28 Å². The van der Waals surface area contributed by atoms with Crippen molar-refractivity contribution in [2.75, 3.05) is 0 Å². The molecule has 0 aromatic heterocycles. The molecule has 0 saturated carbocycles. The fourth-order valence-corrected chi connectivity index (χ4v) is 41.4. The standard InChI is InChI=1S/4C4H9.C2H4O2.O.2Sn.H/c4*1-3-4-2;1-2(3)4;;;;/h4*1,3-4H2,2H3;1H3,(H,3,4);;;;/q;;;;;;;+1;/p-1. The monoisotopic (exact) mass is 544 g/mol. The predicted molar refractivity (Wildman–Crippen MR) is 105 cm³/mol. The van der Waals surface area contributed by atoms with Crippen LogP contribution in [0.25, 0.3) is 0 Å². The predicted octanol–water partition coefficient (Wildman–Crippen LogP) is 5.93. The topological polar surface area (TPSA) is 35.5 Å². The molecule has 0 aliphatic heterocycles. The van der Waals surface area contributed by atoms with E-state index in [2.05, 4.69) is 27.7 Å². The molecule has 0 radical (unpaired) electrons. The van der Waals surface area contributed by atoms with E-state index >= 15 is 0 Å². The van der Waals surface area contributed by atoms with Crippen LogP contribution in [-0.2, 0) is 9.28 Å². The normalized spacial score (nSPS) is 11.9. The molecule has 0 heterocycles. The molecule has 0 aromatic rings. The summed E-state index contributed by atoms with van der Waals surface area (Å²) >= 11 is -5.20. The van der Waals surface area contributed by atoms with Crippen LogP contribution in [0, 0.1) is 0 Å². The number of carbonyl (C=O) groups is 1. The molecule has 138 valence electrons. The molecule has 0 spiro atoms. The van der Waals surface area contributed by atoms with Crippen molar-refractivity contribution in [1.82, 2.24) is 0 Å². The molecule has 5 heteroatoms. The summed E-state index contributed by atoms with van der Waals surface area (Å²) in [6, 6.07) is 0. The Hall–Kier alpha value is 1.03. The third kappa shape index (κ3) is 12.1. The Bertz CT molecular complexity index is 282. The van der Waals surface area contributed by atoms with E-state index in [1.54, 1.807) is 6.92 Å². The number of carbonyl (C=O) groups excluding carboxylic acids is 1. The van der Waals surface area contributed by atoms with Gasteiger partial charge in [0.05, 0.1) is 0 Å². The van der Waals surface area contributed by atoms with E-state index in [4.69, 9.17) is 4.49 Å². The minimum atomic E-state index is -3.19. The van der Waals surface area contributed by atoms with Gasteiger partial charge in [0.1, 0.15) is 0 Å². The first-order valence-corrected chi connectivity index (χ1v) is 22.3. The van der Waals surface area contributed by atoms with Gasteiger partial charge in [0.15, 0.2) is 0 Å². The van der Waals surface area contributed by atoms with E-state index in [-0.39, 0.29) is 5.97 Å². The van der Waals surface area contributed by atoms with Gasteiger partial charge in [-0.3, -0.25) is 0 Å². The molecule has 0 unspecified atom stereocenters. The molecular formula is C18H40O3Sn2. The summed E-state index contributed by atoms with van der Waals surface area (Å²) in [4.78, 5) is 11.8. The Kier molecular flexibility index (Phi) is 16.0. The van der Waals surface area contributed by atoms with Crippen molar-refractivity contribution in [2.24, 2.45) is 0 Å². The number of rotatable bonds is 15. The number of hydrogen-bond donors (Lipinski definition) is 0. The minimum absolute atomic E-state index is 0.0935. The van der Waals surface area contributed by atoms with Crippen molar-refractivity contribution in [3.63, 3.8) is 0 Å². The first kappa shape index (κ1) is 24.0. The fraction of sp³-hybridized carbons (Fsp3) is 0.944. The third-order valence-corrected chi connectivity index (χ3v) is 35.3. The molecule has 0 aromatic carbocycles. The summed E-state index contributed by atoms with van der Waals surface area (Å²) in [5, 5.41) is 0. The molecule has 0 saturated heterocycles. The Morgan fingerprint density at radius 2 is 1.26 bits per heavy atom. The van der Waals surface area contributed by atoms with E-state index in [1.165, 1.54) is 47.4 Å². The van der Waals surface area contributed by atoms with Crippen molar-refractivity contribution in [3.05, 3.63) is 0 Å². The summed E-state index contributed by atoms with van der Waals surface area (Å²) in [5.74, 6) is -0.0935. The van der Waals surface area contributed by atoms with Gasteiger partial charge in [0, 0.05) is 0 Å². The van der Waals surface area contributed by atoms with Crippen LogP contribution in [0.5, 0.6) is 0 Å². The van der Waals surface area contributed by atoms with Gasteiger partial charge in [-0.2, -0.15) is 0 Å². The zero-order valence-corrected chi connectivity index (χ0v) is 22.4. The van der Waals surface area contributed by atoms with Gasteiger partial charge in [-0.05, 0) is 0 Å². The van der Waals surface area contributed by atoms with Gasteiger partial charge >= 0.3 is 158 Å². The van der Waals surface area contributed by atoms with Crippen LogP contribution in [0.1, 0.15) is 86.0 Å². The first-order chi connectivity index (χ1) is 11.0. The SMILES string of the molecule is CCC[CH2][SnH]([CH2]CCC)[O][Sn]([CH2]CCC)([CH2]CCC)[O]C(C)=O. The molecule has 3 nitrogen and oxygen atoms in total. The zero-order valence-electron chi connectivity index (χ0n) is 16.3. The quantitative estimate of drug-likeness (QED) is 0.241. The van der Waals surface area contributed by atoms with E-state index in [0.717, 1.165) is 21.7 Å². The molecule has 23 heavy (non-hydrogen) atoms. The number of unbranched alkanes of at least 4 members (excludes halogenated alkanes) is 4. The van der Waals surface area contributed by atoms with Crippen molar-refractivity contribution in [3.8, 4) is 0 Å². The molecule has 0 N–H and O–H groups in total. The van der Waals surface area contributed by atoms with Crippen LogP contribution in [-0.4, -0.2) is 45.3 Å². The van der Waals surface area contributed by atoms with Crippen molar-refractivity contribution >= 4 is 45.3 Å². The Balaban J connectivity index is 5.07. The molecule has 0 fully saturated rings. The molecule has 0 rings (SSSR count). The van der Waals surface area contributed by atoms with E-state index in [1.807, 2.05) is 0 Å². The van der Waals surface area contributed by atoms with E-state index < -0.39 is 39.4 Å². The maximum absolute atomic E-state index is 11.8. The van der Waals surface area contributed by atoms with Gasteiger partial charge < -0.3 is 0 Å². The average molecular weight is 542 g/mol. The van der Waals surface area contributed by atoms with Gasteiger partial charge in [-0.1, -0.05) is 0 Å². The van der Waals surface area contributed by atoms with Gasteiger partial charge in [-0.15, -0.1) is 0 Å². The summed E-state index contributed by atoms with van der Waals surface area (Å²) in [6.45, 7) is 10.5. The fourth-order valence-electron chi connectivity index (χ4n) is 2.95. The van der Waals surface area contributed by atoms with Crippen molar-refractivity contribution in [2.45, 2.75) is 104 Å². The Morgan fingerprint density at radius 1 is 0.826 bits per heavy atom. The molecule has 0 atom stereocenters. The van der Waals surface area contributed by atoms with E-state index in [0.29, 0.717) is 0 Å². The van der Waals surface area contributed by atoms with Crippen LogP contribution < -0.4 is 0 Å². The summed E-state index contributed by atoms with van der Waals surface area (Å²) in [6.07, 6.45) is 9.76. The second kappa shape index (κ2) is 15.3. The second-order valence-electron chi connectivity index (χ2n) is 6.74. The number of hydrogen-bond acceptors (Lipinski definition) is 3. The Morgan fingerprint density at radius 3 is 1.61 bits per heavy atom. The van der Waals surface area contributed by atoms with Crippen LogP contribution in [0.4, 0.5) is 0 Å². The van der Waals surface area contributed by atoms with Crippen LogP contribution in [0.3, 0.4) is 0 Å². The van der Waals surface area contributed by atoms with Gasteiger partial charge in [0.25, 0.3) is 0 Å². The van der Waals surface area contributed by atoms with Gasteiger partial charge in [0.2, 0.25) is 0 Å². The maximum atomic E-state index is 11.8. The molecule has 0 aliphatic carbocycles. The second-order valence-corrected chi connectivity index (χ2v) is 27.4. The third-order valence-electron chi connectivity index (χ3n) is 4.29. The Labute approximate surface area is 157 Å². The van der Waals surface area contributed by atoms with Crippen LogP contribution >= 0.6 is 0 Å². The molecule has 0 bridgehead atoms. The zero-order chi connectivity index (χ0) is 17.6. The average Bonchev–Trinajstić information content (AvgIpc) is 2.52. The van der Waals surface area contributed by atoms with Crippen LogP contribution in [0.2, 0.25) is 17.7 Å². The summed E-state index contributed by atoms with van der Waals surface area (Å²) < 4.78 is 17.8. The molecular weight excluding hydrogens is 502 g/mol. The summed E-state index contributed by atoms with van der Waals surface area (Å²) in [5.41, 5.74) is 0.